The summed E-state index contributed by atoms with van der Waals surface area (Å²) in [6, 6.07) is 5.60. The van der Waals surface area contributed by atoms with Crippen molar-refractivity contribution < 1.29 is 4.92 Å². The Balaban J connectivity index is 2.13. The number of hydrogen-bond donors (Lipinski definition) is 1. The summed E-state index contributed by atoms with van der Waals surface area (Å²) in [5.74, 6) is 0. The molecule has 1 saturated heterocycles. The lowest BCUT2D eigenvalue weighted by molar-refractivity contribution is -0.383. The average molecular weight is 286 g/mol. The lowest BCUT2D eigenvalue weighted by Gasteiger charge is -2.32. The van der Waals surface area contributed by atoms with Crippen LogP contribution in [-0.4, -0.2) is 29.0 Å². The molecule has 110 valence electrons. The van der Waals surface area contributed by atoms with Gasteiger partial charge in [-0.25, -0.2) is 0 Å². The molecule has 1 aliphatic rings. The molecule has 1 aliphatic heterocycles. The number of anilines is 1. The van der Waals surface area contributed by atoms with Crippen molar-refractivity contribution in [3.8, 4) is 0 Å². The first kappa shape index (κ1) is 13.8. The molecule has 0 amide bonds. The Morgan fingerprint density at radius 3 is 2.71 bits per heavy atom. The van der Waals surface area contributed by atoms with Crippen LogP contribution in [0, 0.1) is 17.0 Å². The molecular formula is C15H18N4O2. The van der Waals surface area contributed by atoms with E-state index in [4.69, 9.17) is 5.73 Å². The van der Waals surface area contributed by atoms with Gasteiger partial charge in [0.25, 0.3) is 5.69 Å². The Hall–Kier alpha value is -2.21. The number of non-ortho nitro benzene ring substituents is 1. The molecule has 2 N–H and O–H groups in total. The first-order valence-corrected chi connectivity index (χ1v) is 7.10. The first-order chi connectivity index (χ1) is 10.1. The molecule has 0 bridgehead atoms. The molecule has 1 aromatic carbocycles. The standard InChI is InChI=1S/C15H18N4O2/c1-10-8-12-13(9-17-10)15(19(20)21)3-2-14(12)18-6-4-11(16)5-7-18/h2-3,8-9,11H,4-7,16H2,1H3. The Morgan fingerprint density at radius 2 is 2.05 bits per heavy atom. The van der Waals surface area contributed by atoms with Gasteiger partial charge >= 0.3 is 0 Å². The number of nitrogens with zero attached hydrogens (tertiary/aromatic N) is 3. The molecule has 2 aromatic rings. The van der Waals surface area contributed by atoms with Gasteiger partial charge in [0.2, 0.25) is 0 Å². The molecule has 21 heavy (non-hydrogen) atoms. The van der Waals surface area contributed by atoms with Crippen molar-refractivity contribution in [3.63, 3.8) is 0 Å². The smallest absolute Gasteiger partial charge is 0.278 e. The van der Waals surface area contributed by atoms with Gasteiger partial charge < -0.3 is 10.6 Å². The zero-order valence-electron chi connectivity index (χ0n) is 12.0. The number of fused-ring (bicyclic) bond motifs is 1. The molecule has 0 saturated carbocycles. The minimum absolute atomic E-state index is 0.106. The molecule has 1 aromatic heterocycles. The predicted molar refractivity (Wildman–Crippen MR) is 82.6 cm³/mol. The van der Waals surface area contributed by atoms with Gasteiger partial charge in [-0.2, -0.15) is 0 Å². The van der Waals surface area contributed by atoms with Gasteiger partial charge in [-0.3, -0.25) is 15.1 Å². The molecule has 3 rings (SSSR count). The Morgan fingerprint density at radius 1 is 1.33 bits per heavy atom. The number of aromatic nitrogens is 1. The van der Waals surface area contributed by atoms with E-state index in [9.17, 15) is 10.1 Å². The zero-order chi connectivity index (χ0) is 15.0. The molecule has 0 radical (unpaired) electrons. The number of nitro groups is 1. The minimum atomic E-state index is -0.352. The minimum Gasteiger partial charge on any atom is -0.371 e. The van der Waals surface area contributed by atoms with Gasteiger partial charge in [0.05, 0.1) is 10.3 Å². The number of nitro benzene ring substituents is 1. The molecule has 0 atom stereocenters. The van der Waals surface area contributed by atoms with Crippen molar-refractivity contribution in [2.75, 3.05) is 18.0 Å². The van der Waals surface area contributed by atoms with Crippen LogP contribution in [0.2, 0.25) is 0 Å². The molecule has 0 aliphatic carbocycles. The van der Waals surface area contributed by atoms with Gasteiger partial charge in [-0.15, -0.1) is 0 Å². The number of aryl methyl sites for hydroxylation is 1. The quantitative estimate of drug-likeness (QED) is 0.676. The molecule has 2 heterocycles. The van der Waals surface area contributed by atoms with Gasteiger partial charge in [-0.1, -0.05) is 0 Å². The Labute approximate surface area is 122 Å². The van der Waals surface area contributed by atoms with Crippen LogP contribution in [0.15, 0.2) is 24.4 Å². The number of pyridine rings is 1. The highest BCUT2D eigenvalue weighted by Gasteiger charge is 2.21. The van der Waals surface area contributed by atoms with Crippen LogP contribution in [0.1, 0.15) is 18.5 Å². The van der Waals surface area contributed by atoms with Crippen molar-refractivity contribution in [2.24, 2.45) is 5.73 Å². The Bertz CT molecular complexity index is 693. The summed E-state index contributed by atoms with van der Waals surface area (Å²) in [7, 11) is 0. The highest BCUT2D eigenvalue weighted by molar-refractivity contribution is 5.99. The third-order valence-corrected chi connectivity index (χ3v) is 4.07. The highest BCUT2D eigenvalue weighted by Crippen LogP contribution is 2.34. The second-order valence-electron chi connectivity index (χ2n) is 5.56. The van der Waals surface area contributed by atoms with Crippen molar-refractivity contribution >= 4 is 22.1 Å². The van der Waals surface area contributed by atoms with Crippen LogP contribution in [-0.2, 0) is 0 Å². The second-order valence-corrected chi connectivity index (χ2v) is 5.56. The van der Waals surface area contributed by atoms with E-state index in [1.165, 1.54) is 0 Å². The van der Waals surface area contributed by atoms with Crippen LogP contribution in [0.3, 0.4) is 0 Å². The normalized spacial score (nSPS) is 16.4. The summed E-state index contributed by atoms with van der Waals surface area (Å²) in [6.45, 7) is 3.67. The fourth-order valence-electron chi connectivity index (χ4n) is 2.89. The SMILES string of the molecule is Cc1cc2c(N3CCC(N)CC3)ccc([N+](=O)[O-])c2cn1. The van der Waals surface area contributed by atoms with Gasteiger partial charge in [-0.05, 0) is 31.9 Å². The summed E-state index contributed by atoms with van der Waals surface area (Å²) in [4.78, 5) is 17.3. The van der Waals surface area contributed by atoms with Crippen molar-refractivity contribution in [1.82, 2.24) is 4.98 Å². The first-order valence-electron chi connectivity index (χ1n) is 7.10. The monoisotopic (exact) mass is 286 g/mol. The maximum absolute atomic E-state index is 11.2. The fourth-order valence-corrected chi connectivity index (χ4v) is 2.89. The fraction of sp³-hybridized carbons (Fsp3) is 0.400. The maximum Gasteiger partial charge on any atom is 0.278 e. The van der Waals surface area contributed by atoms with Crippen LogP contribution in [0.4, 0.5) is 11.4 Å². The topological polar surface area (TPSA) is 85.3 Å². The van der Waals surface area contributed by atoms with E-state index in [-0.39, 0.29) is 16.7 Å². The molecule has 0 unspecified atom stereocenters. The number of piperidine rings is 1. The largest absolute Gasteiger partial charge is 0.371 e. The van der Waals surface area contributed by atoms with E-state index >= 15 is 0 Å². The van der Waals surface area contributed by atoms with Crippen molar-refractivity contribution in [3.05, 3.63) is 40.2 Å². The lowest BCUT2D eigenvalue weighted by Crippen LogP contribution is -2.39. The number of hydrogen-bond acceptors (Lipinski definition) is 5. The second kappa shape index (κ2) is 5.29. The third kappa shape index (κ3) is 2.54. The van der Waals surface area contributed by atoms with E-state index in [1.54, 1.807) is 12.3 Å². The molecule has 6 nitrogen and oxygen atoms in total. The predicted octanol–water partition coefficient (Wildman–Crippen LogP) is 2.38. The lowest BCUT2D eigenvalue weighted by atomic mass is 10.0. The Kier molecular flexibility index (Phi) is 3.47. The summed E-state index contributed by atoms with van der Waals surface area (Å²) in [5.41, 5.74) is 7.95. The van der Waals surface area contributed by atoms with Crippen molar-refractivity contribution in [2.45, 2.75) is 25.8 Å². The summed E-state index contributed by atoms with van der Waals surface area (Å²) in [6.07, 6.45) is 3.49. The van der Waals surface area contributed by atoms with E-state index in [1.807, 2.05) is 19.1 Å². The summed E-state index contributed by atoms with van der Waals surface area (Å²) >= 11 is 0. The molecule has 1 fully saturated rings. The van der Waals surface area contributed by atoms with Crippen LogP contribution >= 0.6 is 0 Å². The zero-order valence-corrected chi connectivity index (χ0v) is 12.0. The molecule has 0 spiro atoms. The maximum atomic E-state index is 11.2. The highest BCUT2D eigenvalue weighted by atomic mass is 16.6. The van der Waals surface area contributed by atoms with E-state index < -0.39 is 0 Å². The molecular weight excluding hydrogens is 268 g/mol. The van der Waals surface area contributed by atoms with E-state index in [2.05, 4.69) is 9.88 Å². The molecule has 6 heteroatoms. The van der Waals surface area contributed by atoms with Crippen LogP contribution in [0.25, 0.3) is 10.8 Å². The number of rotatable bonds is 2. The van der Waals surface area contributed by atoms with Gasteiger partial charge in [0.1, 0.15) is 0 Å². The van der Waals surface area contributed by atoms with Gasteiger partial charge in [0.15, 0.2) is 0 Å². The van der Waals surface area contributed by atoms with Crippen LogP contribution < -0.4 is 10.6 Å². The number of nitrogens with two attached hydrogens (primary N) is 1. The van der Waals surface area contributed by atoms with Crippen molar-refractivity contribution in [1.29, 1.82) is 0 Å². The van der Waals surface area contributed by atoms with E-state index in [0.29, 0.717) is 5.39 Å². The van der Waals surface area contributed by atoms with Crippen LogP contribution in [0.5, 0.6) is 0 Å². The van der Waals surface area contributed by atoms with E-state index in [0.717, 1.165) is 42.7 Å². The average Bonchev–Trinajstić information content (AvgIpc) is 2.46. The van der Waals surface area contributed by atoms with Gasteiger partial charge in [0, 0.05) is 48.2 Å². The third-order valence-electron chi connectivity index (χ3n) is 4.07. The summed E-state index contributed by atoms with van der Waals surface area (Å²) in [5, 5.41) is 12.7. The summed E-state index contributed by atoms with van der Waals surface area (Å²) < 4.78 is 0. The number of benzene rings is 1.